The van der Waals surface area contributed by atoms with Gasteiger partial charge in [0, 0.05) is 25.3 Å². The van der Waals surface area contributed by atoms with E-state index in [1.54, 1.807) is 6.08 Å². The Kier molecular flexibility index (Phi) is 7.96. The summed E-state index contributed by atoms with van der Waals surface area (Å²) < 4.78 is 0. The quantitative estimate of drug-likeness (QED) is 0.428. The van der Waals surface area contributed by atoms with Gasteiger partial charge >= 0.3 is 0 Å². The molecule has 3 nitrogen and oxygen atoms in total. The molecule has 0 amide bonds. The molecule has 0 aromatic rings. The fourth-order valence-corrected chi connectivity index (χ4v) is 0.714. The molecule has 0 aliphatic rings. The lowest BCUT2D eigenvalue weighted by Gasteiger charge is -2.01. The summed E-state index contributed by atoms with van der Waals surface area (Å²) in [5.74, 6) is 0. The number of rotatable bonds is 7. The smallest absolute Gasteiger partial charge is 0.0517 e. The average molecular weight is 169 g/mol. The van der Waals surface area contributed by atoms with Crippen molar-refractivity contribution in [2.45, 2.75) is 6.92 Å². The van der Waals surface area contributed by atoms with E-state index in [-0.39, 0.29) is 0 Å². The zero-order chi connectivity index (χ0) is 9.23. The van der Waals surface area contributed by atoms with Crippen molar-refractivity contribution in [1.29, 1.82) is 0 Å². The second-order valence-corrected chi connectivity index (χ2v) is 2.58. The molecule has 70 valence electrons. The Balaban J connectivity index is 3.15. The Hall–Kier alpha value is -0.670. The first kappa shape index (κ1) is 11.3. The van der Waals surface area contributed by atoms with E-state index in [9.17, 15) is 0 Å². The van der Waals surface area contributed by atoms with E-state index in [1.807, 2.05) is 14.0 Å². The molecule has 0 rings (SSSR count). The third-order valence-corrected chi connectivity index (χ3v) is 1.50. The topological polar surface area (TPSA) is 36.4 Å². The molecule has 0 saturated carbocycles. The molecule has 0 atom stereocenters. The van der Waals surface area contributed by atoms with Crippen LogP contribution in [0.2, 0.25) is 0 Å². The highest BCUT2D eigenvalue weighted by Crippen LogP contribution is 1.77. The summed E-state index contributed by atoms with van der Waals surface area (Å²) in [6.45, 7) is 9.36. The van der Waals surface area contributed by atoms with Crippen molar-refractivity contribution in [1.82, 2.24) is 10.6 Å². The van der Waals surface area contributed by atoms with Crippen LogP contribution in [0, 0.1) is 0 Å². The monoisotopic (exact) mass is 169 g/mol. The predicted octanol–water partition coefficient (Wildman–Crippen LogP) is 0.442. The van der Waals surface area contributed by atoms with E-state index in [4.69, 9.17) is 0 Å². The summed E-state index contributed by atoms with van der Waals surface area (Å²) in [5.41, 5.74) is 1.01. The van der Waals surface area contributed by atoms with Gasteiger partial charge in [-0.2, -0.15) is 0 Å². The molecule has 0 unspecified atom stereocenters. The Morgan fingerprint density at radius 3 is 2.75 bits per heavy atom. The van der Waals surface area contributed by atoms with Gasteiger partial charge < -0.3 is 10.6 Å². The Morgan fingerprint density at radius 1 is 1.42 bits per heavy atom. The van der Waals surface area contributed by atoms with E-state index >= 15 is 0 Å². The molecule has 12 heavy (non-hydrogen) atoms. The summed E-state index contributed by atoms with van der Waals surface area (Å²) in [7, 11) is 1.95. The second-order valence-electron chi connectivity index (χ2n) is 2.58. The fourth-order valence-electron chi connectivity index (χ4n) is 0.714. The van der Waals surface area contributed by atoms with Crippen molar-refractivity contribution in [2.75, 3.05) is 33.2 Å². The summed E-state index contributed by atoms with van der Waals surface area (Å²) in [6.07, 6.45) is 1.77. The van der Waals surface area contributed by atoms with Crippen LogP contribution in [0.1, 0.15) is 6.92 Å². The van der Waals surface area contributed by atoms with Crippen molar-refractivity contribution >= 4 is 5.71 Å². The maximum Gasteiger partial charge on any atom is 0.0517 e. The van der Waals surface area contributed by atoms with Crippen LogP contribution >= 0.6 is 0 Å². The Bertz CT molecular complexity index is 141. The van der Waals surface area contributed by atoms with Gasteiger partial charge in [0.05, 0.1) is 6.54 Å². The number of allylic oxidation sites excluding steroid dienone is 1. The number of nitrogens with one attached hydrogen (secondary N) is 2. The van der Waals surface area contributed by atoms with Crippen molar-refractivity contribution in [3.8, 4) is 0 Å². The molecule has 0 spiro atoms. The SMILES string of the molecule is C=C/C(C)=N\CCNCCNC. The van der Waals surface area contributed by atoms with Crippen LogP contribution in [0.3, 0.4) is 0 Å². The maximum absolute atomic E-state index is 4.26. The summed E-state index contributed by atoms with van der Waals surface area (Å²) in [5, 5.41) is 6.33. The number of aliphatic imine (C=N–C) groups is 1. The van der Waals surface area contributed by atoms with Gasteiger partial charge in [-0.1, -0.05) is 6.58 Å². The molecule has 0 saturated heterocycles. The van der Waals surface area contributed by atoms with Crippen LogP contribution in [0.4, 0.5) is 0 Å². The lowest BCUT2D eigenvalue weighted by atomic mass is 10.4. The van der Waals surface area contributed by atoms with Gasteiger partial charge in [0.25, 0.3) is 0 Å². The normalized spacial score (nSPS) is 11.7. The van der Waals surface area contributed by atoms with Crippen molar-refractivity contribution < 1.29 is 0 Å². The third-order valence-electron chi connectivity index (χ3n) is 1.50. The standard InChI is InChI=1S/C9H19N3/c1-4-9(2)12-8-7-11-6-5-10-3/h4,10-11H,1,5-8H2,2-3H3/b12-9-. The molecule has 0 aliphatic heterocycles. The first-order chi connectivity index (χ1) is 5.81. The van der Waals surface area contributed by atoms with Gasteiger partial charge in [0.2, 0.25) is 0 Å². The molecule has 0 fully saturated rings. The summed E-state index contributed by atoms with van der Waals surface area (Å²) in [6, 6.07) is 0. The van der Waals surface area contributed by atoms with Gasteiger partial charge in [-0.05, 0) is 20.0 Å². The number of hydrogen-bond acceptors (Lipinski definition) is 3. The highest BCUT2D eigenvalue weighted by molar-refractivity contribution is 5.92. The van der Waals surface area contributed by atoms with Gasteiger partial charge in [0.15, 0.2) is 0 Å². The highest BCUT2D eigenvalue weighted by atomic mass is 14.9. The van der Waals surface area contributed by atoms with Crippen LogP contribution in [0.15, 0.2) is 17.6 Å². The van der Waals surface area contributed by atoms with Crippen LogP contribution in [0.5, 0.6) is 0 Å². The fraction of sp³-hybridized carbons (Fsp3) is 0.667. The maximum atomic E-state index is 4.26. The zero-order valence-electron chi connectivity index (χ0n) is 8.06. The van der Waals surface area contributed by atoms with Crippen LogP contribution in [0.25, 0.3) is 0 Å². The molecule has 0 aliphatic carbocycles. The van der Waals surface area contributed by atoms with Crippen molar-refractivity contribution in [2.24, 2.45) is 4.99 Å². The van der Waals surface area contributed by atoms with E-state index < -0.39 is 0 Å². The summed E-state index contributed by atoms with van der Waals surface area (Å²) in [4.78, 5) is 4.26. The van der Waals surface area contributed by atoms with E-state index in [0.29, 0.717) is 0 Å². The third kappa shape index (κ3) is 7.44. The van der Waals surface area contributed by atoms with Crippen LogP contribution in [-0.2, 0) is 0 Å². The van der Waals surface area contributed by atoms with E-state index in [0.717, 1.165) is 31.9 Å². The van der Waals surface area contributed by atoms with Crippen molar-refractivity contribution in [3.05, 3.63) is 12.7 Å². The minimum Gasteiger partial charge on any atom is -0.318 e. The molecule has 0 aromatic heterocycles. The summed E-state index contributed by atoms with van der Waals surface area (Å²) >= 11 is 0. The molecule has 2 N–H and O–H groups in total. The van der Waals surface area contributed by atoms with Gasteiger partial charge in [-0.15, -0.1) is 0 Å². The van der Waals surface area contributed by atoms with Crippen molar-refractivity contribution in [3.63, 3.8) is 0 Å². The molecular formula is C9H19N3. The molecule has 0 bridgehead atoms. The van der Waals surface area contributed by atoms with Crippen LogP contribution < -0.4 is 10.6 Å². The first-order valence-electron chi connectivity index (χ1n) is 4.30. The molecule has 0 aromatic carbocycles. The molecule has 0 radical (unpaired) electrons. The minimum atomic E-state index is 0.835. The average Bonchev–Trinajstić information content (AvgIpc) is 2.10. The lowest BCUT2D eigenvalue weighted by Crippen LogP contribution is -2.26. The molecule has 3 heteroatoms. The van der Waals surface area contributed by atoms with Gasteiger partial charge in [0.1, 0.15) is 0 Å². The highest BCUT2D eigenvalue weighted by Gasteiger charge is 1.84. The Morgan fingerprint density at radius 2 is 2.17 bits per heavy atom. The lowest BCUT2D eigenvalue weighted by molar-refractivity contribution is 0.655. The zero-order valence-corrected chi connectivity index (χ0v) is 8.06. The Labute approximate surface area is 75.0 Å². The minimum absolute atomic E-state index is 0.835. The van der Waals surface area contributed by atoms with E-state index in [2.05, 4.69) is 22.2 Å². The number of nitrogens with zero attached hydrogens (tertiary/aromatic N) is 1. The number of likely N-dealkylation sites (N-methyl/N-ethyl adjacent to an activating group) is 1. The predicted molar refractivity (Wildman–Crippen MR) is 55.0 cm³/mol. The largest absolute Gasteiger partial charge is 0.318 e. The van der Waals surface area contributed by atoms with E-state index in [1.165, 1.54) is 0 Å². The second kappa shape index (κ2) is 8.43. The molecular weight excluding hydrogens is 150 g/mol. The first-order valence-corrected chi connectivity index (χ1v) is 4.30. The van der Waals surface area contributed by atoms with Gasteiger partial charge in [-0.25, -0.2) is 0 Å². The van der Waals surface area contributed by atoms with Crippen LogP contribution in [-0.4, -0.2) is 38.9 Å². The van der Waals surface area contributed by atoms with Gasteiger partial charge in [-0.3, -0.25) is 4.99 Å². The number of hydrogen-bond donors (Lipinski definition) is 2. The molecule has 0 heterocycles.